The smallest absolute Gasteiger partial charge is 0.340 e. The first kappa shape index (κ1) is 19.0. The standard InChI is InChI=1S/C18H18N4O6/c1-8-16(20-9(2)23)14-10(19-8)5-6-11(15(14)17(24)25)28-18-21-12(26-3)7-13(22-18)27-4/h5-7,19H,1-4H3,(H,20,23)(H,24,25). The highest BCUT2D eigenvalue weighted by Crippen LogP contribution is 2.37. The Kier molecular flexibility index (Phi) is 5.03. The molecule has 1 amide bonds. The fourth-order valence-electron chi connectivity index (χ4n) is 2.77. The first-order valence-corrected chi connectivity index (χ1v) is 8.15. The molecule has 0 fully saturated rings. The number of rotatable bonds is 6. The topological polar surface area (TPSA) is 136 Å². The van der Waals surface area contributed by atoms with Crippen molar-refractivity contribution in [2.45, 2.75) is 13.8 Å². The SMILES string of the molecule is COc1cc(OC)nc(Oc2ccc3[nH]c(C)c(NC(C)=O)c3c2C(=O)O)n1. The minimum Gasteiger partial charge on any atom is -0.481 e. The molecule has 0 bridgehead atoms. The van der Waals surface area contributed by atoms with Crippen LogP contribution in [0, 0.1) is 6.92 Å². The summed E-state index contributed by atoms with van der Waals surface area (Å²) in [7, 11) is 2.84. The Hall–Kier alpha value is -3.82. The van der Waals surface area contributed by atoms with E-state index < -0.39 is 5.97 Å². The second-order valence-corrected chi connectivity index (χ2v) is 5.81. The highest BCUT2D eigenvalue weighted by atomic mass is 16.5. The number of nitrogens with zero attached hydrogens (tertiary/aromatic N) is 2. The number of aromatic nitrogens is 3. The van der Waals surface area contributed by atoms with Gasteiger partial charge in [0, 0.05) is 23.5 Å². The third-order valence-electron chi connectivity index (χ3n) is 3.91. The average molecular weight is 386 g/mol. The van der Waals surface area contributed by atoms with Gasteiger partial charge in [0.25, 0.3) is 0 Å². The number of aryl methyl sites for hydroxylation is 1. The number of carboxylic acids is 1. The van der Waals surface area contributed by atoms with Crippen molar-refractivity contribution in [3.8, 4) is 23.5 Å². The van der Waals surface area contributed by atoms with E-state index in [-0.39, 0.29) is 35.0 Å². The van der Waals surface area contributed by atoms with Gasteiger partial charge in [0.15, 0.2) is 0 Å². The average Bonchev–Trinajstić information content (AvgIpc) is 2.96. The van der Waals surface area contributed by atoms with Crippen LogP contribution in [-0.2, 0) is 4.79 Å². The molecule has 0 radical (unpaired) electrons. The Bertz CT molecular complexity index is 1050. The third-order valence-corrected chi connectivity index (χ3v) is 3.91. The van der Waals surface area contributed by atoms with Crippen molar-refractivity contribution in [2.75, 3.05) is 19.5 Å². The van der Waals surface area contributed by atoms with Crippen LogP contribution in [0.4, 0.5) is 5.69 Å². The number of methoxy groups -OCH3 is 2. The lowest BCUT2D eigenvalue weighted by atomic mass is 10.1. The van der Waals surface area contributed by atoms with Crippen LogP contribution in [0.15, 0.2) is 18.2 Å². The molecule has 146 valence electrons. The van der Waals surface area contributed by atoms with Crippen LogP contribution in [0.1, 0.15) is 23.0 Å². The number of aromatic carboxylic acids is 1. The number of aromatic amines is 1. The fourth-order valence-corrected chi connectivity index (χ4v) is 2.77. The molecule has 0 aliphatic heterocycles. The molecule has 0 aliphatic carbocycles. The maximum Gasteiger partial charge on any atom is 0.340 e. The summed E-state index contributed by atoms with van der Waals surface area (Å²) in [4.78, 5) is 34.7. The van der Waals surface area contributed by atoms with Gasteiger partial charge in [-0.2, -0.15) is 9.97 Å². The molecule has 0 aliphatic rings. The predicted molar refractivity (Wildman–Crippen MR) is 99.5 cm³/mol. The molecule has 0 atom stereocenters. The summed E-state index contributed by atoms with van der Waals surface area (Å²) in [6.45, 7) is 3.07. The summed E-state index contributed by atoms with van der Waals surface area (Å²) in [6.07, 6.45) is 0. The highest BCUT2D eigenvalue weighted by Gasteiger charge is 2.23. The minimum absolute atomic E-state index is 0.000841. The normalized spacial score (nSPS) is 10.6. The molecule has 2 heterocycles. The van der Waals surface area contributed by atoms with Crippen LogP contribution in [0.25, 0.3) is 10.9 Å². The van der Waals surface area contributed by atoms with Crippen molar-refractivity contribution in [3.05, 3.63) is 29.5 Å². The number of ether oxygens (including phenoxy) is 3. The molecule has 3 aromatic rings. The monoisotopic (exact) mass is 386 g/mol. The molecule has 28 heavy (non-hydrogen) atoms. The largest absolute Gasteiger partial charge is 0.481 e. The van der Waals surface area contributed by atoms with Crippen molar-refractivity contribution in [2.24, 2.45) is 0 Å². The number of benzene rings is 1. The van der Waals surface area contributed by atoms with Crippen LogP contribution in [0.3, 0.4) is 0 Å². The van der Waals surface area contributed by atoms with E-state index in [1.54, 1.807) is 13.0 Å². The Morgan fingerprint density at radius 1 is 1.14 bits per heavy atom. The number of anilines is 1. The van der Waals surface area contributed by atoms with E-state index in [2.05, 4.69) is 20.3 Å². The minimum atomic E-state index is -1.24. The van der Waals surface area contributed by atoms with Crippen LogP contribution in [-0.4, -0.2) is 46.2 Å². The Morgan fingerprint density at radius 2 is 1.79 bits per heavy atom. The van der Waals surface area contributed by atoms with Gasteiger partial charge < -0.3 is 29.6 Å². The third kappa shape index (κ3) is 3.52. The second kappa shape index (κ2) is 7.43. The number of carbonyl (C=O) groups is 2. The van der Waals surface area contributed by atoms with E-state index in [0.29, 0.717) is 22.3 Å². The summed E-state index contributed by atoms with van der Waals surface area (Å²) in [5.74, 6) is -1.18. The highest BCUT2D eigenvalue weighted by molar-refractivity contribution is 6.13. The predicted octanol–water partition coefficient (Wildman–Crippen LogP) is 2.73. The number of nitrogens with one attached hydrogen (secondary N) is 2. The Morgan fingerprint density at radius 3 is 2.32 bits per heavy atom. The zero-order valence-corrected chi connectivity index (χ0v) is 15.6. The van der Waals surface area contributed by atoms with E-state index in [4.69, 9.17) is 14.2 Å². The van der Waals surface area contributed by atoms with E-state index in [9.17, 15) is 14.7 Å². The van der Waals surface area contributed by atoms with Gasteiger partial charge in [0.2, 0.25) is 17.7 Å². The molecular weight excluding hydrogens is 368 g/mol. The molecule has 0 saturated carbocycles. The van der Waals surface area contributed by atoms with Crippen molar-refractivity contribution < 1.29 is 28.9 Å². The van der Waals surface area contributed by atoms with Crippen LogP contribution in [0.2, 0.25) is 0 Å². The second-order valence-electron chi connectivity index (χ2n) is 5.81. The first-order valence-electron chi connectivity index (χ1n) is 8.15. The van der Waals surface area contributed by atoms with Crippen LogP contribution < -0.4 is 19.5 Å². The van der Waals surface area contributed by atoms with Gasteiger partial charge in [0.1, 0.15) is 11.3 Å². The number of carboxylic acid groups (broad SMARTS) is 1. The van der Waals surface area contributed by atoms with Gasteiger partial charge in [-0.1, -0.05) is 0 Å². The van der Waals surface area contributed by atoms with E-state index in [1.165, 1.54) is 33.3 Å². The van der Waals surface area contributed by atoms with Crippen molar-refractivity contribution in [3.63, 3.8) is 0 Å². The summed E-state index contributed by atoms with van der Waals surface area (Å²) < 4.78 is 15.8. The van der Waals surface area contributed by atoms with Gasteiger partial charge >= 0.3 is 12.0 Å². The summed E-state index contributed by atoms with van der Waals surface area (Å²) in [6, 6.07) is 4.44. The zero-order valence-electron chi connectivity index (χ0n) is 15.6. The number of hydrogen-bond acceptors (Lipinski definition) is 7. The van der Waals surface area contributed by atoms with Crippen LogP contribution in [0.5, 0.6) is 23.5 Å². The van der Waals surface area contributed by atoms with Gasteiger partial charge in [-0.15, -0.1) is 0 Å². The van der Waals surface area contributed by atoms with Gasteiger partial charge in [-0.3, -0.25) is 4.79 Å². The van der Waals surface area contributed by atoms with E-state index in [0.717, 1.165) is 0 Å². The Balaban J connectivity index is 2.18. The molecule has 0 unspecified atom stereocenters. The maximum absolute atomic E-state index is 12.0. The number of hydrogen-bond donors (Lipinski definition) is 3. The molecule has 0 spiro atoms. The molecule has 1 aromatic carbocycles. The number of fused-ring (bicyclic) bond motifs is 1. The van der Waals surface area contributed by atoms with Crippen molar-refractivity contribution in [1.82, 2.24) is 15.0 Å². The summed E-state index contributed by atoms with van der Waals surface area (Å²) in [5.41, 5.74) is 1.38. The molecule has 2 aromatic heterocycles. The lowest BCUT2D eigenvalue weighted by Crippen LogP contribution is -2.08. The number of H-pyrrole nitrogens is 1. The molecule has 10 heteroatoms. The van der Waals surface area contributed by atoms with Gasteiger partial charge in [-0.05, 0) is 19.1 Å². The maximum atomic E-state index is 12.0. The number of amides is 1. The fraction of sp³-hybridized carbons (Fsp3) is 0.222. The summed E-state index contributed by atoms with van der Waals surface area (Å²) >= 11 is 0. The Labute approximate surface area is 159 Å². The molecule has 3 rings (SSSR count). The van der Waals surface area contributed by atoms with E-state index >= 15 is 0 Å². The lowest BCUT2D eigenvalue weighted by Gasteiger charge is -2.11. The van der Waals surface area contributed by atoms with Crippen molar-refractivity contribution >= 4 is 28.5 Å². The molecule has 3 N–H and O–H groups in total. The lowest BCUT2D eigenvalue weighted by molar-refractivity contribution is -0.114. The molecule has 0 saturated heterocycles. The van der Waals surface area contributed by atoms with Crippen LogP contribution >= 0.6 is 0 Å². The number of carbonyl (C=O) groups excluding carboxylic acids is 1. The summed E-state index contributed by atoms with van der Waals surface area (Å²) in [5, 5.41) is 12.8. The van der Waals surface area contributed by atoms with E-state index in [1.807, 2.05) is 0 Å². The quantitative estimate of drug-likeness (QED) is 0.588. The molecule has 10 nitrogen and oxygen atoms in total. The molecular formula is C18H18N4O6. The first-order chi connectivity index (χ1) is 13.3. The van der Waals surface area contributed by atoms with Gasteiger partial charge in [0.05, 0.1) is 26.0 Å². The van der Waals surface area contributed by atoms with Crippen molar-refractivity contribution in [1.29, 1.82) is 0 Å². The zero-order chi connectivity index (χ0) is 20.4. The van der Waals surface area contributed by atoms with Gasteiger partial charge in [-0.25, -0.2) is 4.79 Å².